The number of rotatable bonds is 7. The number of nitrogens with two attached hydrogens (primary N) is 1. The van der Waals surface area contributed by atoms with Crippen molar-refractivity contribution in [1.29, 1.82) is 0 Å². The van der Waals surface area contributed by atoms with Gasteiger partial charge < -0.3 is 15.6 Å². The van der Waals surface area contributed by atoms with Crippen LogP contribution in [0.5, 0.6) is 0 Å². The second-order valence-electron chi connectivity index (χ2n) is 4.45. The number of nitrogens with one attached hydrogen (secondary N) is 1. The lowest BCUT2D eigenvalue weighted by molar-refractivity contribution is -0.118. The van der Waals surface area contributed by atoms with Gasteiger partial charge in [0.15, 0.2) is 0 Å². The summed E-state index contributed by atoms with van der Waals surface area (Å²) in [7, 11) is 0. The van der Waals surface area contributed by atoms with Crippen LogP contribution in [0.1, 0.15) is 6.92 Å². The van der Waals surface area contributed by atoms with Gasteiger partial charge in [-0.05, 0) is 13.0 Å². The number of hydroxylamine groups is 2. The molecule has 9 heteroatoms. The average Bonchev–Trinajstić information content (AvgIpc) is 3.20. The standard InChI is InChI=1S/C12H16N4O4S/c1-2-15-5-8(3-4-11(15)18)14-12(19)9-6-16(9)20-21-7-10(13)17/h3-5,9H,2,6-7H2,1H3,(H2,13,17)(H,14,19). The predicted molar refractivity (Wildman–Crippen MR) is 78.2 cm³/mol. The van der Waals surface area contributed by atoms with E-state index >= 15 is 0 Å². The van der Waals surface area contributed by atoms with Crippen molar-refractivity contribution in [3.8, 4) is 0 Å². The number of hydrogen-bond donors (Lipinski definition) is 2. The normalized spacial score (nSPS) is 20.0. The van der Waals surface area contributed by atoms with Gasteiger partial charge in [0.1, 0.15) is 11.8 Å². The summed E-state index contributed by atoms with van der Waals surface area (Å²) >= 11 is 0.893. The number of carbonyl (C=O) groups excluding carboxylic acids is 2. The molecule has 1 aliphatic heterocycles. The molecule has 1 fully saturated rings. The average molecular weight is 312 g/mol. The second-order valence-corrected chi connectivity index (χ2v) is 5.12. The number of aromatic nitrogens is 1. The fourth-order valence-electron chi connectivity index (χ4n) is 1.65. The predicted octanol–water partition coefficient (Wildman–Crippen LogP) is -0.444. The van der Waals surface area contributed by atoms with Crippen molar-refractivity contribution in [2.24, 2.45) is 5.73 Å². The number of nitrogens with zero attached hydrogens (tertiary/aromatic N) is 2. The van der Waals surface area contributed by atoms with Crippen LogP contribution in [0.15, 0.2) is 23.1 Å². The summed E-state index contributed by atoms with van der Waals surface area (Å²) in [6.07, 6.45) is 1.59. The highest BCUT2D eigenvalue weighted by atomic mass is 32.2. The molecule has 2 atom stereocenters. The Morgan fingerprint density at radius 1 is 1.52 bits per heavy atom. The minimum Gasteiger partial charge on any atom is -0.369 e. The first-order valence-electron chi connectivity index (χ1n) is 6.37. The van der Waals surface area contributed by atoms with Crippen LogP contribution in [0.4, 0.5) is 5.69 Å². The Morgan fingerprint density at radius 2 is 2.29 bits per heavy atom. The summed E-state index contributed by atoms with van der Waals surface area (Å²) in [4.78, 5) is 33.9. The summed E-state index contributed by atoms with van der Waals surface area (Å²) in [6.45, 7) is 2.83. The minimum absolute atomic E-state index is 0.0340. The maximum absolute atomic E-state index is 11.9. The van der Waals surface area contributed by atoms with E-state index in [0.717, 1.165) is 12.0 Å². The molecule has 1 aromatic rings. The van der Waals surface area contributed by atoms with E-state index in [-0.39, 0.29) is 17.2 Å². The quantitative estimate of drug-likeness (QED) is 0.522. The zero-order valence-electron chi connectivity index (χ0n) is 11.4. The van der Waals surface area contributed by atoms with Crippen LogP contribution < -0.4 is 16.6 Å². The van der Waals surface area contributed by atoms with Crippen molar-refractivity contribution >= 4 is 29.5 Å². The molecule has 1 aromatic heterocycles. The van der Waals surface area contributed by atoms with E-state index in [9.17, 15) is 14.4 Å². The van der Waals surface area contributed by atoms with Crippen LogP contribution in [-0.4, -0.2) is 39.8 Å². The molecule has 3 N–H and O–H groups in total. The molecule has 1 saturated heterocycles. The Kier molecular flexibility index (Phi) is 4.99. The van der Waals surface area contributed by atoms with Gasteiger partial charge in [-0.1, -0.05) is 0 Å². The smallest absolute Gasteiger partial charge is 0.250 e. The van der Waals surface area contributed by atoms with Crippen molar-refractivity contribution in [3.05, 3.63) is 28.7 Å². The first-order valence-corrected chi connectivity index (χ1v) is 7.28. The second kappa shape index (κ2) is 6.74. The van der Waals surface area contributed by atoms with Crippen LogP contribution in [0.3, 0.4) is 0 Å². The lowest BCUT2D eigenvalue weighted by Crippen LogP contribution is -2.24. The first kappa shape index (κ1) is 15.5. The van der Waals surface area contributed by atoms with Crippen LogP contribution in [0.25, 0.3) is 0 Å². The number of primary amides is 1. The molecular weight excluding hydrogens is 296 g/mol. The third-order valence-corrected chi connectivity index (χ3v) is 3.51. The van der Waals surface area contributed by atoms with Crippen molar-refractivity contribution in [2.75, 3.05) is 17.6 Å². The third-order valence-electron chi connectivity index (χ3n) is 2.81. The highest BCUT2D eigenvalue weighted by Crippen LogP contribution is 2.23. The molecule has 0 spiro atoms. The monoisotopic (exact) mass is 312 g/mol. The summed E-state index contributed by atoms with van der Waals surface area (Å²) in [5.74, 6) is -0.674. The van der Waals surface area contributed by atoms with E-state index < -0.39 is 11.9 Å². The van der Waals surface area contributed by atoms with Crippen LogP contribution >= 0.6 is 12.0 Å². The molecule has 2 amide bonds. The Balaban J connectivity index is 1.83. The zero-order valence-corrected chi connectivity index (χ0v) is 12.3. The largest absolute Gasteiger partial charge is 0.369 e. The van der Waals surface area contributed by atoms with Gasteiger partial charge in [0.2, 0.25) is 11.8 Å². The molecule has 2 unspecified atom stereocenters. The molecule has 1 aliphatic rings. The van der Waals surface area contributed by atoms with E-state index in [1.165, 1.54) is 15.7 Å². The molecule has 21 heavy (non-hydrogen) atoms. The van der Waals surface area contributed by atoms with Gasteiger partial charge in [-0.15, -0.1) is 0 Å². The van der Waals surface area contributed by atoms with E-state index in [4.69, 9.17) is 10.0 Å². The fraction of sp³-hybridized carbons (Fsp3) is 0.417. The molecule has 2 heterocycles. The van der Waals surface area contributed by atoms with E-state index in [0.29, 0.717) is 18.8 Å². The van der Waals surface area contributed by atoms with E-state index in [2.05, 4.69) is 5.32 Å². The maximum atomic E-state index is 11.9. The van der Waals surface area contributed by atoms with Gasteiger partial charge in [0, 0.05) is 30.9 Å². The van der Waals surface area contributed by atoms with Crippen LogP contribution in [0, 0.1) is 0 Å². The highest BCUT2D eigenvalue weighted by Gasteiger charge is 2.42. The van der Waals surface area contributed by atoms with Gasteiger partial charge in [-0.25, -0.2) is 4.28 Å². The number of hydrogen-bond acceptors (Lipinski definition) is 6. The summed E-state index contributed by atoms with van der Waals surface area (Å²) in [5, 5.41) is 4.16. The Bertz CT molecular complexity index is 603. The maximum Gasteiger partial charge on any atom is 0.250 e. The van der Waals surface area contributed by atoms with Crippen molar-refractivity contribution in [1.82, 2.24) is 9.63 Å². The number of anilines is 1. The molecule has 114 valence electrons. The van der Waals surface area contributed by atoms with Crippen molar-refractivity contribution < 1.29 is 13.9 Å². The van der Waals surface area contributed by atoms with Gasteiger partial charge in [0.25, 0.3) is 5.56 Å². The Morgan fingerprint density at radius 3 is 2.95 bits per heavy atom. The van der Waals surface area contributed by atoms with Crippen molar-refractivity contribution in [2.45, 2.75) is 19.5 Å². The summed E-state index contributed by atoms with van der Waals surface area (Å²) < 4.78 is 6.63. The summed E-state index contributed by atoms with van der Waals surface area (Å²) in [5.41, 5.74) is 5.41. The van der Waals surface area contributed by atoms with Crippen LogP contribution in [0.2, 0.25) is 0 Å². The van der Waals surface area contributed by atoms with Gasteiger partial charge in [-0.2, -0.15) is 5.06 Å². The number of amides is 2. The molecule has 0 bridgehead atoms. The highest BCUT2D eigenvalue weighted by molar-refractivity contribution is 7.95. The summed E-state index contributed by atoms with van der Waals surface area (Å²) in [6, 6.07) is 2.57. The number of pyridine rings is 1. The van der Waals surface area contributed by atoms with Gasteiger partial charge in [-0.3, -0.25) is 14.4 Å². The number of aryl methyl sites for hydroxylation is 1. The molecule has 0 saturated carbocycles. The topological polar surface area (TPSA) is 106 Å². The first-order chi connectivity index (χ1) is 10.0. The number of carbonyl (C=O) groups is 2. The molecule has 0 radical (unpaired) electrons. The van der Waals surface area contributed by atoms with E-state index in [1.807, 2.05) is 6.92 Å². The SMILES string of the molecule is CCn1cc(NC(=O)C2CN2OSCC(N)=O)ccc1=O. The van der Waals surface area contributed by atoms with Crippen molar-refractivity contribution in [3.63, 3.8) is 0 Å². The molecule has 8 nitrogen and oxygen atoms in total. The minimum atomic E-state index is -0.482. The zero-order chi connectivity index (χ0) is 15.4. The van der Waals surface area contributed by atoms with Gasteiger partial charge >= 0.3 is 0 Å². The van der Waals surface area contributed by atoms with Crippen LogP contribution in [-0.2, 0) is 20.4 Å². The lowest BCUT2D eigenvalue weighted by Gasteiger charge is -2.07. The molecule has 2 rings (SSSR count). The molecule has 0 aromatic carbocycles. The van der Waals surface area contributed by atoms with E-state index in [1.54, 1.807) is 12.3 Å². The van der Waals surface area contributed by atoms with Gasteiger partial charge in [0.05, 0.1) is 12.2 Å². The Labute approximate surface area is 125 Å². The lowest BCUT2D eigenvalue weighted by atomic mass is 10.3. The Hall–Kier alpha value is -1.84. The molecule has 0 aliphatic carbocycles. The third kappa shape index (κ3) is 4.31. The molecular formula is C12H16N4O4S. The fourth-order valence-corrected chi connectivity index (χ4v) is 2.12.